The number of methoxy groups -OCH3 is 1. The van der Waals surface area contributed by atoms with Gasteiger partial charge in [-0.1, -0.05) is 0 Å². The molecular weight excluding hydrogens is 216 g/mol. The summed E-state index contributed by atoms with van der Waals surface area (Å²) in [4.78, 5) is 13.8. The van der Waals surface area contributed by atoms with Gasteiger partial charge in [0.1, 0.15) is 5.92 Å². The van der Waals surface area contributed by atoms with Crippen LogP contribution in [0, 0.1) is 6.92 Å². The van der Waals surface area contributed by atoms with Gasteiger partial charge >= 0.3 is 5.97 Å². The average molecular weight is 230 g/mol. The first-order valence-electron chi connectivity index (χ1n) is 4.32. The van der Waals surface area contributed by atoms with E-state index in [0.717, 1.165) is 10.6 Å². The zero-order valence-electron chi connectivity index (χ0n) is 8.57. The van der Waals surface area contributed by atoms with E-state index in [-0.39, 0.29) is 11.9 Å². The third-order valence-electron chi connectivity index (χ3n) is 1.92. The maximum absolute atomic E-state index is 11.5. The Bertz CT molecular complexity index is 307. The van der Waals surface area contributed by atoms with Crippen molar-refractivity contribution in [3.8, 4) is 0 Å². The Kier molecular flexibility index (Phi) is 4.48. The van der Waals surface area contributed by atoms with E-state index in [1.807, 2.05) is 25.3 Å². The number of hydrogen-bond donors (Lipinski definition) is 0. The summed E-state index contributed by atoms with van der Waals surface area (Å²) in [7, 11) is 1.44. The van der Waals surface area contributed by atoms with Gasteiger partial charge in [-0.2, -0.15) is 11.8 Å². The molecule has 0 amide bonds. The van der Waals surface area contributed by atoms with Crippen molar-refractivity contribution in [1.29, 1.82) is 0 Å². The zero-order valence-corrected chi connectivity index (χ0v) is 10.2. The molecule has 0 bridgehead atoms. The first kappa shape index (κ1) is 11.6. The maximum atomic E-state index is 11.5. The summed E-state index contributed by atoms with van der Waals surface area (Å²) >= 11 is 3.33. The van der Waals surface area contributed by atoms with Crippen LogP contribution in [0.2, 0.25) is 0 Å². The highest BCUT2D eigenvalue weighted by Gasteiger charge is 2.21. The minimum Gasteiger partial charge on any atom is -0.469 e. The summed E-state index contributed by atoms with van der Waals surface area (Å²) in [6.07, 6.45) is 2.00. The summed E-state index contributed by atoms with van der Waals surface area (Å²) in [5, 5.41) is 0. The normalized spacial score (nSPS) is 12.5. The SMILES string of the molecule is COC(=O)C(CSC)c1ccc(C)s1. The summed E-state index contributed by atoms with van der Waals surface area (Å²) in [6.45, 7) is 2.04. The predicted molar refractivity (Wildman–Crippen MR) is 62.2 cm³/mol. The fraction of sp³-hybridized carbons (Fsp3) is 0.500. The Morgan fingerprint density at radius 1 is 1.64 bits per heavy atom. The van der Waals surface area contributed by atoms with Gasteiger partial charge in [-0.05, 0) is 25.3 Å². The molecule has 1 aromatic heterocycles. The molecule has 0 aliphatic rings. The van der Waals surface area contributed by atoms with E-state index in [9.17, 15) is 4.79 Å². The number of carbonyl (C=O) groups excluding carboxylic acids is 1. The molecule has 0 N–H and O–H groups in total. The number of thiophene rings is 1. The van der Waals surface area contributed by atoms with E-state index in [4.69, 9.17) is 4.74 Å². The number of aryl methyl sites for hydroxylation is 1. The number of esters is 1. The van der Waals surface area contributed by atoms with Crippen LogP contribution in [-0.2, 0) is 9.53 Å². The Hall–Kier alpha value is -0.480. The molecule has 1 heterocycles. The van der Waals surface area contributed by atoms with Crippen molar-refractivity contribution >= 4 is 29.1 Å². The lowest BCUT2D eigenvalue weighted by molar-refractivity contribution is -0.141. The van der Waals surface area contributed by atoms with E-state index < -0.39 is 0 Å². The molecule has 0 spiro atoms. The van der Waals surface area contributed by atoms with Crippen LogP contribution in [0.1, 0.15) is 15.7 Å². The second-order valence-electron chi connectivity index (χ2n) is 2.98. The summed E-state index contributed by atoms with van der Waals surface area (Å²) in [6, 6.07) is 4.05. The average Bonchev–Trinajstić information content (AvgIpc) is 2.60. The zero-order chi connectivity index (χ0) is 10.6. The standard InChI is InChI=1S/C10H14O2S2/c1-7-4-5-9(14-7)8(6-13-3)10(11)12-2/h4-5,8H,6H2,1-3H3. The van der Waals surface area contributed by atoms with Gasteiger partial charge in [0.05, 0.1) is 7.11 Å². The summed E-state index contributed by atoms with van der Waals surface area (Å²) < 4.78 is 4.78. The minimum atomic E-state index is -0.138. The van der Waals surface area contributed by atoms with Crippen molar-refractivity contribution in [3.05, 3.63) is 21.9 Å². The molecular formula is C10H14O2S2. The number of hydrogen-bond acceptors (Lipinski definition) is 4. The Labute approximate surface area is 92.7 Å². The second-order valence-corrected chi connectivity index (χ2v) is 5.21. The molecule has 1 rings (SSSR count). The smallest absolute Gasteiger partial charge is 0.314 e. The van der Waals surface area contributed by atoms with E-state index in [2.05, 4.69) is 0 Å². The Morgan fingerprint density at radius 2 is 2.36 bits per heavy atom. The summed E-state index contributed by atoms with van der Waals surface area (Å²) in [5.41, 5.74) is 0. The molecule has 0 aliphatic heterocycles. The fourth-order valence-corrected chi connectivity index (χ4v) is 2.94. The van der Waals surface area contributed by atoms with Crippen LogP contribution in [0.3, 0.4) is 0 Å². The molecule has 0 aliphatic carbocycles. The van der Waals surface area contributed by atoms with Crippen molar-refractivity contribution in [1.82, 2.24) is 0 Å². The van der Waals surface area contributed by atoms with Crippen molar-refractivity contribution in [2.75, 3.05) is 19.1 Å². The molecule has 0 saturated heterocycles. The van der Waals surface area contributed by atoms with Crippen LogP contribution in [-0.4, -0.2) is 25.1 Å². The van der Waals surface area contributed by atoms with Gasteiger partial charge in [0, 0.05) is 15.5 Å². The first-order valence-corrected chi connectivity index (χ1v) is 6.53. The maximum Gasteiger partial charge on any atom is 0.314 e. The molecule has 1 unspecified atom stereocenters. The molecule has 1 atom stereocenters. The van der Waals surface area contributed by atoms with Gasteiger partial charge < -0.3 is 4.74 Å². The highest BCUT2D eigenvalue weighted by molar-refractivity contribution is 7.98. The van der Waals surface area contributed by atoms with Gasteiger partial charge in [0.15, 0.2) is 0 Å². The topological polar surface area (TPSA) is 26.3 Å². The van der Waals surface area contributed by atoms with E-state index in [1.165, 1.54) is 12.0 Å². The van der Waals surface area contributed by atoms with Gasteiger partial charge in [0.25, 0.3) is 0 Å². The van der Waals surface area contributed by atoms with E-state index >= 15 is 0 Å². The van der Waals surface area contributed by atoms with Crippen molar-refractivity contribution in [2.45, 2.75) is 12.8 Å². The van der Waals surface area contributed by atoms with Crippen LogP contribution < -0.4 is 0 Å². The molecule has 4 heteroatoms. The third kappa shape index (κ3) is 2.75. The van der Waals surface area contributed by atoms with Crippen molar-refractivity contribution in [2.24, 2.45) is 0 Å². The molecule has 0 fully saturated rings. The summed E-state index contributed by atoms with van der Waals surface area (Å²) in [5.74, 6) is 0.544. The van der Waals surface area contributed by atoms with E-state index in [1.54, 1.807) is 23.1 Å². The highest BCUT2D eigenvalue weighted by Crippen LogP contribution is 2.27. The molecule has 14 heavy (non-hydrogen) atoms. The number of carbonyl (C=O) groups is 1. The molecule has 0 radical (unpaired) electrons. The van der Waals surface area contributed by atoms with Crippen molar-refractivity contribution in [3.63, 3.8) is 0 Å². The quantitative estimate of drug-likeness (QED) is 0.744. The van der Waals surface area contributed by atoms with Crippen LogP contribution in [0.4, 0.5) is 0 Å². The van der Waals surface area contributed by atoms with Crippen LogP contribution in [0.15, 0.2) is 12.1 Å². The lowest BCUT2D eigenvalue weighted by Crippen LogP contribution is -2.15. The number of thioether (sulfide) groups is 1. The van der Waals surface area contributed by atoms with Crippen molar-refractivity contribution < 1.29 is 9.53 Å². The minimum absolute atomic E-state index is 0.103. The predicted octanol–water partition coefficient (Wildman–Crippen LogP) is 2.68. The Balaban J connectivity index is 2.82. The largest absolute Gasteiger partial charge is 0.469 e. The fourth-order valence-electron chi connectivity index (χ4n) is 1.22. The van der Waals surface area contributed by atoms with Crippen LogP contribution in [0.5, 0.6) is 0 Å². The van der Waals surface area contributed by atoms with Gasteiger partial charge in [0.2, 0.25) is 0 Å². The molecule has 2 nitrogen and oxygen atoms in total. The van der Waals surface area contributed by atoms with Gasteiger partial charge in [-0.25, -0.2) is 0 Å². The molecule has 0 aromatic carbocycles. The van der Waals surface area contributed by atoms with Crippen LogP contribution in [0.25, 0.3) is 0 Å². The molecule has 1 aromatic rings. The lowest BCUT2D eigenvalue weighted by Gasteiger charge is -2.10. The number of rotatable bonds is 4. The highest BCUT2D eigenvalue weighted by atomic mass is 32.2. The monoisotopic (exact) mass is 230 g/mol. The Morgan fingerprint density at radius 3 is 2.79 bits per heavy atom. The lowest BCUT2D eigenvalue weighted by atomic mass is 10.1. The van der Waals surface area contributed by atoms with Gasteiger partial charge in [-0.3, -0.25) is 4.79 Å². The number of ether oxygens (including phenoxy) is 1. The van der Waals surface area contributed by atoms with Crippen LogP contribution >= 0.6 is 23.1 Å². The molecule has 78 valence electrons. The third-order valence-corrected chi connectivity index (χ3v) is 3.70. The first-order chi connectivity index (χ1) is 6.69. The second kappa shape index (κ2) is 5.41. The molecule has 0 saturated carbocycles. The van der Waals surface area contributed by atoms with E-state index in [0.29, 0.717) is 0 Å². The van der Waals surface area contributed by atoms with Gasteiger partial charge in [-0.15, -0.1) is 11.3 Å².